The van der Waals surface area contributed by atoms with Gasteiger partial charge in [0.05, 0.1) is 16.3 Å². The maximum absolute atomic E-state index is 12.1. The van der Waals surface area contributed by atoms with Gasteiger partial charge in [-0.15, -0.1) is 0 Å². The molecular formula is C15H13N3O4S. The molecule has 0 fully saturated rings. The summed E-state index contributed by atoms with van der Waals surface area (Å²) in [4.78, 5) is 26.4. The van der Waals surface area contributed by atoms with Crippen molar-refractivity contribution in [3.8, 4) is 0 Å². The van der Waals surface area contributed by atoms with E-state index in [9.17, 15) is 14.9 Å². The first-order chi connectivity index (χ1) is 11.0. The Hall–Kier alpha value is -2.74. The quantitative estimate of drug-likeness (QED) is 0.571. The minimum atomic E-state index is -0.691. The smallest absolute Gasteiger partial charge is 0.395 e. The molecule has 1 N–H and O–H groups in total. The van der Waals surface area contributed by atoms with Crippen LogP contribution in [0.3, 0.4) is 0 Å². The van der Waals surface area contributed by atoms with Gasteiger partial charge in [0.15, 0.2) is 10.9 Å². The lowest BCUT2D eigenvalue weighted by atomic mass is 10.0. The van der Waals surface area contributed by atoms with Crippen molar-refractivity contribution in [2.24, 2.45) is 0 Å². The lowest BCUT2D eigenvalue weighted by Gasteiger charge is -2.04. The van der Waals surface area contributed by atoms with Gasteiger partial charge in [-0.25, -0.2) is 4.98 Å². The molecule has 0 radical (unpaired) electrons. The predicted octanol–water partition coefficient (Wildman–Crippen LogP) is 4.17. The van der Waals surface area contributed by atoms with Gasteiger partial charge in [0.2, 0.25) is 0 Å². The highest BCUT2D eigenvalue weighted by Gasteiger charge is 2.19. The van der Waals surface area contributed by atoms with E-state index in [1.807, 2.05) is 18.2 Å². The van der Waals surface area contributed by atoms with Gasteiger partial charge in [-0.2, -0.15) is 0 Å². The number of thiazole rings is 1. The number of hydrogen-bond acceptors (Lipinski definition) is 6. The molecule has 0 saturated heterocycles. The van der Waals surface area contributed by atoms with E-state index in [2.05, 4.69) is 24.1 Å². The lowest BCUT2D eigenvalue weighted by molar-refractivity contribution is -0.402. The van der Waals surface area contributed by atoms with E-state index in [4.69, 9.17) is 4.42 Å². The monoisotopic (exact) mass is 331 g/mol. The molecule has 0 aliphatic heterocycles. The molecule has 0 spiro atoms. The molecule has 2 aromatic heterocycles. The van der Waals surface area contributed by atoms with Gasteiger partial charge < -0.3 is 4.42 Å². The van der Waals surface area contributed by atoms with Gasteiger partial charge in [0, 0.05) is 0 Å². The fraction of sp³-hybridized carbons (Fsp3) is 0.200. The summed E-state index contributed by atoms with van der Waals surface area (Å²) >= 11 is 1.35. The number of para-hydroxylation sites is 1. The van der Waals surface area contributed by atoms with Gasteiger partial charge in [-0.05, 0) is 23.6 Å². The molecule has 0 aliphatic carbocycles. The Labute approximate surface area is 135 Å². The first-order valence-corrected chi connectivity index (χ1v) is 7.72. The van der Waals surface area contributed by atoms with Crippen molar-refractivity contribution in [2.75, 3.05) is 5.32 Å². The van der Waals surface area contributed by atoms with E-state index in [1.165, 1.54) is 17.4 Å². The lowest BCUT2D eigenvalue weighted by Crippen LogP contribution is -2.10. The van der Waals surface area contributed by atoms with Crippen LogP contribution in [-0.2, 0) is 0 Å². The zero-order valence-corrected chi connectivity index (χ0v) is 13.2. The predicted molar refractivity (Wildman–Crippen MR) is 87.0 cm³/mol. The Kier molecular flexibility index (Phi) is 3.83. The van der Waals surface area contributed by atoms with Crippen molar-refractivity contribution in [3.63, 3.8) is 0 Å². The van der Waals surface area contributed by atoms with Gasteiger partial charge in [0.1, 0.15) is 4.92 Å². The molecule has 118 valence electrons. The third-order valence-electron chi connectivity index (χ3n) is 3.29. The Bertz CT molecular complexity index is 897. The van der Waals surface area contributed by atoms with Crippen molar-refractivity contribution < 1.29 is 14.1 Å². The van der Waals surface area contributed by atoms with Crippen molar-refractivity contribution in [3.05, 3.63) is 51.8 Å². The average Bonchev–Trinajstić information content (AvgIpc) is 3.12. The minimum Gasteiger partial charge on any atom is -0.395 e. The summed E-state index contributed by atoms with van der Waals surface area (Å²) in [5.74, 6) is -0.845. The molecule has 0 bridgehead atoms. The molecule has 7 nitrogen and oxygen atoms in total. The maximum Gasteiger partial charge on any atom is 0.433 e. The van der Waals surface area contributed by atoms with Crippen molar-refractivity contribution in [1.82, 2.24) is 4.98 Å². The summed E-state index contributed by atoms with van der Waals surface area (Å²) < 4.78 is 5.85. The van der Waals surface area contributed by atoms with Crippen LogP contribution < -0.4 is 5.32 Å². The van der Waals surface area contributed by atoms with Gasteiger partial charge >= 0.3 is 5.88 Å². The fourth-order valence-electron chi connectivity index (χ4n) is 2.20. The van der Waals surface area contributed by atoms with Crippen molar-refractivity contribution in [2.45, 2.75) is 19.8 Å². The Morgan fingerprint density at radius 2 is 2.13 bits per heavy atom. The first-order valence-electron chi connectivity index (χ1n) is 6.90. The first kappa shape index (κ1) is 15.2. The topological polar surface area (TPSA) is 98.3 Å². The number of aromatic nitrogens is 1. The van der Waals surface area contributed by atoms with Crippen LogP contribution in [0.25, 0.3) is 10.2 Å². The normalized spacial score (nSPS) is 11.1. The molecule has 23 heavy (non-hydrogen) atoms. The highest BCUT2D eigenvalue weighted by molar-refractivity contribution is 7.22. The van der Waals surface area contributed by atoms with E-state index >= 15 is 0 Å². The van der Waals surface area contributed by atoms with Crippen molar-refractivity contribution in [1.29, 1.82) is 0 Å². The number of carbonyl (C=O) groups is 1. The zero-order valence-electron chi connectivity index (χ0n) is 12.4. The summed E-state index contributed by atoms with van der Waals surface area (Å²) in [5, 5.41) is 13.6. The van der Waals surface area contributed by atoms with Crippen LogP contribution in [0.5, 0.6) is 0 Å². The Morgan fingerprint density at radius 1 is 1.35 bits per heavy atom. The third-order valence-corrected chi connectivity index (χ3v) is 4.22. The van der Waals surface area contributed by atoms with E-state index in [-0.39, 0.29) is 5.76 Å². The molecular weight excluding hydrogens is 318 g/mol. The number of fused-ring (bicyclic) bond motifs is 1. The van der Waals surface area contributed by atoms with Crippen LogP contribution in [0.2, 0.25) is 0 Å². The second kappa shape index (κ2) is 5.81. The van der Waals surface area contributed by atoms with Crippen LogP contribution in [0.1, 0.15) is 35.9 Å². The molecule has 3 aromatic rings. The van der Waals surface area contributed by atoms with Gasteiger partial charge in [-0.1, -0.05) is 37.3 Å². The number of nitrogens with one attached hydrogen (secondary N) is 1. The molecule has 1 amide bonds. The van der Waals surface area contributed by atoms with Crippen LogP contribution in [0.4, 0.5) is 11.0 Å². The highest BCUT2D eigenvalue weighted by Crippen LogP contribution is 2.31. The largest absolute Gasteiger partial charge is 0.433 e. The van der Waals surface area contributed by atoms with Crippen molar-refractivity contribution >= 4 is 38.5 Å². The number of carbonyl (C=O) groups excluding carboxylic acids is 1. The van der Waals surface area contributed by atoms with E-state index in [1.54, 1.807) is 0 Å². The Morgan fingerprint density at radius 3 is 2.78 bits per heavy atom. The highest BCUT2D eigenvalue weighted by atomic mass is 32.1. The average molecular weight is 331 g/mol. The fourth-order valence-corrected chi connectivity index (χ4v) is 3.09. The second-order valence-corrected chi connectivity index (χ2v) is 6.25. The van der Waals surface area contributed by atoms with Crippen LogP contribution in [0.15, 0.2) is 34.7 Å². The molecule has 3 rings (SSSR count). The SMILES string of the molecule is CC(C)c1cccc2sc(NC(=O)c3ccc([N+](=O)[O-])o3)nc12. The molecule has 0 atom stereocenters. The Balaban J connectivity index is 1.87. The molecule has 0 saturated carbocycles. The summed E-state index contributed by atoms with van der Waals surface area (Å²) in [7, 11) is 0. The maximum atomic E-state index is 12.1. The van der Waals surface area contributed by atoms with Crippen LogP contribution in [-0.4, -0.2) is 15.8 Å². The van der Waals surface area contributed by atoms with Crippen LogP contribution in [0, 0.1) is 10.1 Å². The summed E-state index contributed by atoms with van der Waals surface area (Å²) in [6.07, 6.45) is 0. The number of amides is 1. The third kappa shape index (κ3) is 2.93. The van der Waals surface area contributed by atoms with E-state index < -0.39 is 16.7 Å². The molecule has 0 aliphatic rings. The second-order valence-electron chi connectivity index (χ2n) is 5.22. The number of nitrogens with zero attached hydrogens (tertiary/aromatic N) is 2. The number of nitro groups is 1. The van der Waals surface area contributed by atoms with Gasteiger partial charge in [0.25, 0.3) is 5.91 Å². The van der Waals surface area contributed by atoms with Crippen LogP contribution >= 0.6 is 11.3 Å². The van der Waals surface area contributed by atoms with Gasteiger partial charge in [-0.3, -0.25) is 20.2 Å². The summed E-state index contributed by atoms with van der Waals surface area (Å²) in [5.41, 5.74) is 1.96. The number of anilines is 1. The van der Waals surface area contributed by atoms with E-state index in [0.29, 0.717) is 11.0 Å². The molecule has 1 aromatic carbocycles. The van der Waals surface area contributed by atoms with E-state index in [0.717, 1.165) is 21.8 Å². The minimum absolute atomic E-state index is 0.125. The summed E-state index contributed by atoms with van der Waals surface area (Å²) in [6.45, 7) is 4.16. The number of hydrogen-bond donors (Lipinski definition) is 1. The zero-order chi connectivity index (χ0) is 16.6. The number of furan rings is 1. The number of benzene rings is 1. The standard InChI is InChI=1S/C15H13N3O4S/c1-8(2)9-4-3-5-11-13(9)16-15(23-11)17-14(19)10-6-7-12(22-10)18(20)21/h3-8H,1-2H3,(H,16,17,19). The molecule has 0 unspecified atom stereocenters. The molecule has 8 heteroatoms. The summed E-state index contributed by atoms with van der Waals surface area (Å²) in [6, 6.07) is 8.31. The molecule has 2 heterocycles. The number of rotatable bonds is 4.